The summed E-state index contributed by atoms with van der Waals surface area (Å²) in [5.74, 6) is 0.405. The van der Waals surface area contributed by atoms with Gasteiger partial charge in [0.25, 0.3) is 0 Å². The van der Waals surface area contributed by atoms with Crippen molar-refractivity contribution in [1.29, 1.82) is 0 Å². The molecule has 0 amide bonds. The largest absolute Gasteiger partial charge is 0.325 e. The van der Waals surface area contributed by atoms with Gasteiger partial charge in [0.1, 0.15) is 0 Å². The van der Waals surface area contributed by atoms with Gasteiger partial charge in [-0.25, -0.2) is 0 Å². The van der Waals surface area contributed by atoms with Gasteiger partial charge in [-0.15, -0.1) is 0 Å². The Morgan fingerprint density at radius 3 is 2.56 bits per heavy atom. The zero-order valence-corrected chi connectivity index (χ0v) is 5.12. The molecule has 0 radical (unpaired) electrons. The molecule has 2 nitrogen and oxygen atoms in total. The van der Waals surface area contributed by atoms with E-state index in [9.17, 15) is 0 Å². The van der Waals surface area contributed by atoms with Crippen LogP contribution in [0.3, 0.4) is 0 Å². The van der Waals surface area contributed by atoms with Crippen LogP contribution in [-0.4, -0.2) is 11.6 Å². The van der Waals surface area contributed by atoms with Crippen molar-refractivity contribution in [3.8, 4) is 0 Å². The first-order chi connectivity index (χ1) is 4.25. The van der Waals surface area contributed by atoms with E-state index < -0.39 is 0 Å². The Kier molecular flexibility index (Phi) is 0.739. The predicted octanol–water partition coefficient (Wildman–Crippen LogP) is -0.233. The summed E-state index contributed by atoms with van der Waals surface area (Å²) in [6, 6.07) is 0.160. The molecule has 1 saturated carbocycles. The maximum atomic E-state index is 5.83. The van der Waals surface area contributed by atoms with Crippen LogP contribution in [0.4, 0.5) is 0 Å². The fraction of sp³-hybridized carbons (Fsp3) is 0.429. The highest BCUT2D eigenvalue weighted by molar-refractivity contribution is 5.40. The van der Waals surface area contributed by atoms with Crippen molar-refractivity contribution in [2.75, 3.05) is 0 Å². The molecule has 0 heterocycles. The molecule has 0 aliphatic heterocycles. The molecule has 0 aromatic carbocycles. The summed E-state index contributed by atoms with van der Waals surface area (Å²) in [6.07, 6.45) is 8.03. The third-order valence-corrected chi connectivity index (χ3v) is 2.25. The van der Waals surface area contributed by atoms with Gasteiger partial charge in [0.15, 0.2) is 0 Å². The van der Waals surface area contributed by atoms with E-state index in [0.29, 0.717) is 5.92 Å². The van der Waals surface area contributed by atoms with Crippen molar-refractivity contribution in [3.05, 3.63) is 24.3 Å². The van der Waals surface area contributed by atoms with Crippen LogP contribution in [-0.2, 0) is 0 Å². The topological polar surface area (TPSA) is 52.0 Å². The first kappa shape index (κ1) is 5.21. The molecular weight excluding hydrogens is 112 g/mol. The number of nitrogens with two attached hydrogens (primary N) is 2. The molecule has 2 aliphatic carbocycles. The normalized spacial score (nSPS) is 53.1. The zero-order valence-electron chi connectivity index (χ0n) is 5.12. The van der Waals surface area contributed by atoms with E-state index >= 15 is 0 Å². The number of rotatable bonds is 0. The van der Waals surface area contributed by atoms with Gasteiger partial charge in [0.05, 0.1) is 5.54 Å². The number of fused-ring (bicyclic) bond motifs is 1. The Balaban J connectivity index is 2.33. The van der Waals surface area contributed by atoms with Crippen molar-refractivity contribution in [2.45, 2.75) is 11.6 Å². The molecule has 0 spiro atoms. The molecule has 48 valence electrons. The second-order valence-corrected chi connectivity index (χ2v) is 2.80. The summed E-state index contributed by atoms with van der Waals surface area (Å²) >= 11 is 0. The van der Waals surface area contributed by atoms with Gasteiger partial charge in [-0.2, -0.15) is 0 Å². The SMILES string of the molecule is NC1C2C=CC=C[C@]12N. The molecule has 4 N–H and O–H groups in total. The van der Waals surface area contributed by atoms with Crippen LogP contribution < -0.4 is 11.5 Å². The highest BCUT2D eigenvalue weighted by Gasteiger charge is 2.57. The first-order valence-corrected chi connectivity index (χ1v) is 3.15. The summed E-state index contributed by atoms with van der Waals surface area (Å²) in [5, 5.41) is 0. The third kappa shape index (κ3) is 0.471. The van der Waals surface area contributed by atoms with Gasteiger partial charge in [0.2, 0.25) is 0 Å². The second-order valence-electron chi connectivity index (χ2n) is 2.80. The Morgan fingerprint density at radius 1 is 1.33 bits per heavy atom. The van der Waals surface area contributed by atoms with Crippen LogP contribution in [0.2, 0.25) is 0 Å². The molecule has 2 rings (SSSR count). The molecule has 0 aromatic heterocycles. The summed E-state index contributed by atoms with van der Waals surface area (Å²) in [7, 11) is 0. The number of hydrogen-bond donors (Lipinski definition) is 2. The summed E-state index contributed by atoms with van der Waals surface area (Å²) < 4.78 is 0. The maximum Gasteiger partial charge on any atom is 0.0581 e. The molecule has 0 bridgehead atoms. The highest BCUT2D eigenvalue weighted by Crippen LogP contribution is 2.43. The quantitative estimate of drug-likeness (QED) is 0.466. The van der Waals surface area contributed by atoms with E-state index in [-0.39, 0.29) is 11.6 Å². The molecule has 2 aliphatic rings. The molecule has 2 unspecified atom stereocenters. The fourth-order valence-electron chi connectivity index (χ4n) is 1.40. The van der Waals surface area contributed by atoms with E-state index in [2.05, 4.69) is 6.08 Å². The van der Waals surface area contributed by atoms with Gasteiger partial charge >= 0.3 is 0 Å². The van der Waals surface area contributed by atoms with Gasteiger partial charge in [0, 0.05) is 12.0 Å². The van der Waals surface area contributed by atoms with E-state index in [1.54, 1.807) is 0 Å². The molecule has 0 saturated heterocycles. The van der Waals surface area contributed by atoms with Crippen LogP contribution in [0.25, 0.3) is 0 Å². The van der Waals surface area contributed by atoms with E-state index in [0.717, 1.165) is 0 Å². The molecule has 1 fully saturated rings. The van der Waals surface area contributed by atoms with E-state index in [4.69, 9.17) is 11.5 Å². The highest BCUT2D eigenvalue weighted by atomic mass is 15.0. The molecule has 0 aromatic rings. The van der Waals surface area contributed by atoms with Gasteiger partial charge < -0.3 is 11.5 Å². The summed E-state index contributed by atoms with van der Waals surface area (Å²) in [4.78, 5) is 0. The Hall–Kier alpha value is -0.600. The fourth-order valence-corrected chi connectivity index (χ4v) is 1.40. The first-order valence-electron chi connectivity index (χ1n) is 3.15. The maximum absolute atomic E-state index is 5.83. The average molecular weight is 122 g/mol. The molecule has 3 atom stereocenters. The van der Waals surface area contributed by atoms with Crippen LogP contribution in [0.15, 0.2) is 24.3 Å². The molecule has 2 heteroatoms. The molecular formula is C7H10N2. The van der Waals surface area contributed by atoms with Crippen LogP contribution in [0.5, 0.6) is 0 Å². The Morgan fingerprint density at radius 2 is 2.11 bits per heavy atom. The van der Waals surface area contributed by atoms with Crippen molar-refractivity contribution in [2.24, 2.45) is 17.4 Å². The van der Waals surface area contributed by atoms with Gasteiger partial charge in [-0.3, -0.25) is 0 Å². The smallest absolute Gasteiger partial charge is 0.0581 e. The number of allylic oxidation sites excluding steroid dienone is 2. The van der Waals surface area contributed by atoms with Crippen LogP contribution in [0.1, 0.15) is 0 Å². The minimum Gasteiger partial charge on any atom is -0.325 e. The predicted molar refractivity (Wildman–Crippen MR) is 36.7 cm³/mol. The summed E-state index contributed by atoms with van der Waals surface area (Å²) in [6.45, 7) is 0. The summed E-state index contributed by atoms with van der Waals surface area (Å²) in [5.41, 5.74) is 11.3. The van der Waals surface area contributed by atoms with Gasteiger partial charge in [-0.05, 0) is 0 Å². The standard InChI is InChI=1S/C7H10N2/c8-6-5-3-1-2-4-7(5,6)9/h1-6H,8-9H2/t5?,6?,7-/m1/s1. The lowest BCUT2D eigenvalue weighted by Gasteiger charge is -2.03. The second kappa shape index (κ2) is 1.28. The zero-order chi connectivity index (χ0) is 6.48. The van der Waals surface area contributed by atoms with Gasteiger partial charge in [-0.1, -0.05) is 24.3 Å². The third-order valence-electron chi connectivity index (χ3n) is 2.25. The van der Waals surface area contributed by atoms with Crippen molar-refractivity contribution < 1.29 is 0 Å². The van der Waals surface area contributed by atoms with Crippen LogP contribution >= 0.6 is 0 Å². The van der Waals surface area contributed by atoms with Crippen molar-refractivity contribution in [1.82, 2.24) is 0 Å². The lowest BCUT2D eigenvalue weighted by atomic mass is 10.1. The lowest BCUT2D eigenvalue weighted by Crippen LogP contribution is -2.28. The van der Waals surface area contributed by atoms with E-state index in [1.807, 2.05) is 18.2 Å². The van der Waals surface area contributed by atoms with Crippen molar-refractivity contribution in [3.63, 3.8) is 0 Å². The minimum atomic E-state index is -0.186. The number of hydrogen-bond acceptors (Lipinski definition) is 2. The molecule has 9 heavy (non-hydrogen) atoms. The van der Waals surface area contributed by atoms with Crippen molar-refractivity contribution >= 4 is 0 Å². The lowest BCUT2D eigenvalue weighted by molar-refractivity contribution is 0.774. The average Bonchev–Trinajstić information content (AvgIpc) is 2.38. The Labute approximate surface area is 54.2 Å². The monoisotopic (exact) mass is 122 g/mol. The van der Waals surface area contributed by atoms with Crippen LogP contribution in [0, 0.1) is 5.92 Å². The van der Waals surface area contributed by atoms with E-state index in [1.165, 1.54) is 0 Å². The Bertz CT molecular complexity index is 195. The minimum absolute atomic E-state index is 0.160.